The van der Waals surface area contributed by atoms with Gasteiger partial charge < -0.3 is 10.5 Å². The van der Waals surface area contributed by atoms with E-state index < -0.39 is 0 Å². The van der Waals surface area contributed by atoms with Crippen molar-refractivity contribution in [2.45, 2.75) is 33.2 Å². The van der Waals surface area contributed by atoms with Crippen molar-refractivity contribution in [1.29, 1.82) is 0 Å². The minimum absolute atomic E-state index is 0.575. The van der Waals surface area contributed by atoms with E-state index in [4.69, 9.17) is 10.5 Å². The molecule has 0 aliphatic carbocycles. The monoisotopic (exact) mass is 250 g/mol. The Kier molecular flexibility index (Phi) is 6.76. The van der Waals surface area contributed by atoms with Crippen LogP contribution in [0.15, 0.2) is 24.3 Å². The predicted octanol–water partition coefficient (Wildman–Crippen LogP) is 2.30. The first-order chi connectivity index (χ1) is 8.67. The Morgan fingerprint density at radius 3 is 2.39 bits per heavy atom. The van der Waals surface area contributed by atoms with Gasteiger partial charge in [0.05, 0.1) is 0 Å². The first-order valence-corrected chi connectivity index (χ1v) is 6.83. The van der Waals surface area contributed by atoms with Crippen LogP contribution in [-0.4, -0.2) is 37.2 Å². The largest absolute Gasteiger partial charge is 0.492 e. The summed E-state index contributed by atoms with van der Waals surface area (Å²) in [7, 11) is 0. The highest BCUT2D eigenvalue weighted by molar-refractivity contribution is 5.27. The molecule has 0 aliphatic heterocycles. The highest BCUT2D eigenvalue weighted by atomic mass is 16.5. The van der Waals surface area contributed by atoms with Crippen molar-refractivity contribution in [3.63, 3.8) is 0 Å². The second-order valence-electron chi connectivity index (χ2n) is 4.75. The molecule has 0 spiro atoms. The molecule has 3 heteroatoms. The zero-order valence-corrected chi connectivity index (χ0v) is 11.9. The van der Waals surface area contributed by atoms with Crippen molar-refractivity contribution >= 4 is 0 Å². The molecule has 0 aliphatic rings. The SMILES string of the molecule is CCN(CCOc1ccc(CCN)cc1)C(C)C. The molecule has 0 atom stereocenters. The number of hydrogen-bond donors (Lipinski definition) is 1. The maximum Gasteiger partial charge on any atom is 0.119 e. The number of benzene rings is 1. The van der Waals surface area contributed by atoms with E-state index in [9.17, 15) is 0 Å². The smallest absolute Gasteiger partial charge is 0.119 e. The summed E-state index contributed by atoms with van der Waals surface area (Å²) in [4.78, 5) is 2.39. The molecular formula is C15H26N2O. The molecule has 0 saturated heterocycles. The third-order valence-corrected chi connectivity index (χ3v) is 3.14. The van der Waals surface area contributed by atoms with Crippen molar-refractivity contribution in [3.05, 3.63) is 29.8 Å². The zero-order valence-electron chi connectivity index (χ0n) is 11.9. The molecule has 0 unspecified atom stereocenters. The van der Waals surface area contributed by atoms with Crippen LogP contribution in [0, 0.1) is 0 Å². The second-order valence-corrected chi connectivity index (χ2v) is 4.75. The Morgan fingerprint density at radius 2 is 1.89 bits per heavy atom. The van der Waals surface area contributed by atoms with E-state index in [0.29, 0.717) is 12.6 Å². The summed E-state index contributed by atoms with van der Waals surface area (Å²) < 4.78 is 5.75. The van der Waals surface area contributed by atoms with Crippen molar-refractivity contribution < 1.29 is 4.74 Å². The van der Waals surface area contributed by atoms with Gasteiger partial charge in [0, 0.05) is 12.6 Å². The van der Waals surface area contributed by atoms with Gasteiger partial charge in [0.1, 0.15) is 12.4 Å². The predicted molar refractivity (Wildman–Crippen MR) is 77.1 cm³/mol. The molecule has 0 aromatic heterocycles. The summed E-state index contributed by atoms with van der Waals surface area (Å²) in [5.74, 6) is 0.940. The minimum Gasteiger partial charge on any atom is -0.492 e. The number of nitrogens with zero attached hydrogens (tertiary/aromatic N) is 1. The quantitative estimate of drug-likeness (QED) is 0.769. The molecule has 1 aromatic carbocycles. The first kappa shape index (κ1) is 15.0. The lowest BCUT2D eigenvalue weighted by atomic mass is 10.1. The molecule has 0 fully saturated rings. The number of likely N-dealkylation sites (N-methyl/N-ethyl adjacent to an activating group) is 1. The first-order valence-electron chi connectivity index (χ1n) is 6.83. The second kappa shape index (κ2) is 8.11. The van der Waals surface area contributed by atoms with Gasteiger partial charge in [0.2, 0.25) is 0 Å². The van der Waals surface area contributed by atoms with Gasteiger partial charge in [-0.2, -0.15) is 0 Å². The molecule has 0 bridgehead atoms. The lowest BCUT2D eigenvalue weighted by Gasteiger charge is -2.24. The van der Waals surface area contributed by atoms with Crippen molar-refractivity contribution in [1.82, 2.24) is 4.90 Å². The maximum atomic E-state index is 5.75. The van der Waals surface area contributed by atoms with E-state index in [1.54, 1.807) is 0 Å². The molecule has 18 heavy (non-hydrogen) atoms. The molecular weight excluding hydrogens is 224 g/mol. The number of nitrogens with two attached hydrogens (primary N) is 1. The van der Waals surface area contributed by atoms with Crippen molar-refractivity contribution in [2.24, 2.45) is 5.73 Å². The molecule has 0 radical (unpaired) electrons. The molecule has 0 heterocycles. The van der Waals surface area contributed by atoms with E-state index in [-0.39, 0.29) is 0 Å². The van der Waals surface area contributed by atoms with Crippen LogP contribution in [0.4, 0.5) is 0 Å². The number of ether oxygens (including phenoxy) is 1. The van der Waals surface area contributed by atoms with Crippen LogP contribution in [0.2, 0.25) is 0 Å². The van der Waals surface area contributed by atoms with Gasteiger partial charge in [-0.05, 0) is 51.1 Å². The Bertz CT molecular complexity index is 322. The van der Waals surface area contributed by atoms with Gasteiger partial charge in [-0.15, -0.1) is 0 Å². The fourth-order valence-electron chi connectivity index (χ4n) is 1.98. The molecule has 1 rings (SSSR count). The van der Waals surface area contributed by atoms with Crippen molar-refractivity contribution in [2.75, 3.05) is 26.2 Å². The molecule has 2 N–H and O–H groups in total. The van der Waals surface area contributed by atoms with E-state index >= 15 is 0 Å². The number of hydrogen-bond acceptors (Lipinski definition) is 3. The molecule has 0 saturated carbocycles. The lowest BCUT2D eigenvalue weighted by molar-refractivity contribution is 0.183. The van der Waals surface area contributed by atoms with Crippen LogP contribution in [0.25, 0.3) is 0 Å². The summed E-state index contributed by atoms with van der Waals surface area (Å²) in [6, 6.07) is 8.79. The van der Waals surface area contributed by atoms with Crippen LogP contribution in [0.3, 0.4) is 0 Å². The van der Waals surface area contributed by atoms with Crippen LogP contribution >= 0.6 is 0 Å². The van der Waals surface area contributed by atoms with Gasteiger partial charge >= 0.3 is 0 Å². The van der Waals surface area contributed by atoms with E-state index in [1.165, 1.54) is 5.56 Å². The zero-order chi connectivity index (χ0) is 13.4. The highest BCUT2D eigenvalue weighted by Gasteiger charge is 2.06. The molecule has 102 valence electrons. The van der Waals surface area contributed by atoms with Gasteiger partial charge in [-0.3, -0.25) is 4.90 Å². The van der Waals surface area contributed by atoms with Crippen LogP contribution in [0.5, 0.6) is 5.75 Å². The third-order valence-electron chi connectivity index (χ3n) is 3.14. The standard InChI is InChI=1S/C15H26N2O/c1-4-17(13(2)3)11-12-18-15-7-5-14(6-8-15)9-10-16/h5-8,13H,4,9-12,16H2,1-3H3. The minimum atomic E-state index is 0.575. The summed E-state index contributed by atoms with van der Waals surface area (Å²) >= 11 is 0. The van der Waals surface area contributed by atoms with Gasteiger partial charge in [0.25, 0.3) is 0 Å². The normalized spacial score (nSPS) is 11.2. The topological polar surface area (TPSA) is 38.5 Å². The van der Waals surface area contributed by atoms with Crippen LogP contribution in [0.1, 0.15) is 26.3 Å². The van der Waals surface area contributed by atoms with Crippen LogP contribution in [-0.2, 0) is 6.42 Å². The van der Waals surface area contributed by atoms with Crippen LogP contribution < -0.4 is 10.5 Å². The molecule has 1 aromatic rings. The maximum absolute atomic E-state index is 5.75. The van der Waals surface area contributed by atoms with E-state index in [2.05, 4.69) is 37.8 Å². The Hall–Kier alpha value is -1.06. The van der Waals surface area contributed by atoms with Gasteiger partial charge in [-0.25, -0.2) is 0 Å². The Morgan fingerprint density at radius 1 is 1.22 bits per heavy atom. The van der Waals surface area contributed by atoms with Gasteiger partial charge in [0.15, 0.2) is 0 Å². The lowest BCUT2D eigenvalue weighted by Crippen LogP contribution is -2.34. The Labute approximate surface area is 111 Å². The Balaban J connectivity index is 2.34. The fourth-order valence-corrected chi connectivity index (χ4v) is 1.98. The highest BCUT2D eigenvalue weighted by Crippen LogP contribution is 2.12. The summed E-state index contributed by atoms with van der Waals surface area (Å²) in [6.07, 6.45) is 0.928. The summed E-state index contributed by atoms with van der Waals surface area (Å²) in [5, 5.41) is 0. The average Bonchev–Trinajstić information content (AvgIpc) is 2.36. The fraction of sp³-hybridized carbons (Fsp3) is 0.600. The van der Waals surface area contributed by atoms with Gasteiger partial charge in [-0.1, -0.05) is 19.1 Å². The molecule has 3 nitrogen and oxygen atoms in total. The van der Waals surface area contributed by atoms with Crippen molar-refractivity contribution in [3.8, 4) is 5.75 Å². The van der Waals surface area contributed by atoms with E-state index in [0.717, 1.165) is 31.9 Å². The molecule has 0 amide bonds. The number of rotatable bonds is 8. The third kappa shape index (κ3) is 5.07. The summed E-state index contributed by atoms with van der Waals surface area (Å²) in [6.45, 7) is 10.1. The summed E-state index contributed by atoms with van der Waals surface area (Å²) in [5.41, 5.74) is 6.78. The van der Waals surface area contributed by atoms with E-state index in [1.807, 2.05) is 12.1 Å². The average molecular weight is 250 g/mol.